The van der Waals surface area contributed by atoms with Gasteiger partial charge in [0.05, 0.1) is 0 Å². The maximum absolute atomic E-state index is 3.42. The molecule has 2 aliphatic rings. The predicted molar refractivity (Wildman–Crippen MR) is 38.0 cm³/mol. The molecule has 2 unspecified atom stereocenters. The van der Waals surface area contributed by atoms with Crippen molar-refractivity contribution < 1.29 is 0 Å². The Morgan fingerprint density at radius 3 is 3.33 bits per heavy atom. The molecule has 0 aromatic heterocycles. The smallest absolute Gasteiger partial charge is 0.0178 e. The predicted octanol–water partition coefficient (Wildman–Crippen LogP) is 1.52. The van der Waals surface area contributed by atoms with Crippen LogP contribution in [-0.4, -0.2) is 6.54 Å². The molecule has 1 saturated carbocycles. The van der Waals surface area contributed by atoms with E-state index in [2.05, 4.69) is 18.3 Å². The van der Waals surface area contributed by atoms with Gasteiger partial charge in [0.1, 0.15) is 0 Å². The van der Waals surface area contributed by atoms with Crippen LogP contribution in [0.3, 0.4) is 0 Å². The van der Waals surface area contributed by atoms with Crippen LogP contribution in [0.25, 0.3) is 0 Å². The van der Waals surface area contributed by atoms with Crippen LogP contribution in [0.4, 0.5) is 0 Å². The van der Waals surface area contributed by atoms with Crippen molar-refractivity contribution in [3.05, 3.63) is 11.8 Å². The van der Waals surface area contributed by atoms with Crippen molar-refractivity contribution in [2.75, 3.05) is 6.54 Å². The summed E-state index contributed by atoms with van der Waals surface area (Å²) in [7, 11) is 0. The summed E-state index contributed by atoms with van der Waals surface area (Å²) in [4.78, 5) is 0. The lowest BCUT2D eigenvalue weighted by Crippen LogP contribution is -2.19. The van der Waals surface area contributed by atoms with Crippen LogP contribution in [-0.2, 0) is 0 Å². The molecule has 1 fully saturated rings. The molecule has 0 aromatic carbocycles. The molecule has 1 heteroatoms. The Hall–Kier alpha value is -0.460. The largest absolute Gasteiger partial charge is 0.388 e. The van der Waals surface area contributed by atoms with Gasteiger partial charge in [0, 0.05) is 12.2 Å². The lowest BCUT2D eigenvalue weighted by atomic mass is 10.2. The Bertz CT molecular complexity index is 149. The van der Waals surface area contributed by atoms with Gasteiger partial charge in [-0.05, 0) is 24.7 Å². The summed E-state index contributed by atoms with van der Waals surface area (Å²) >= 11 is 0. The first-order valence-corrected chi connectivity index (χ1v) is 3.84. The van der Waals surface area contributed by atoms with Gasteiger partial charge in [-0.2, -0.15) is 0 Å². The van der Waals surface area contributed by atoms with E-state index in [1.165, 1.54) is 25.1 Å². The molecule has 1 N–H and O–H groups in total. The number of allylic oxidation sites excluding steroid dienone is 2. The monoisotopic (exact) mass is 123 g/mol. The van der Waals surface area contributed by atoms with Gasteiger partial charge in [0.25, 0.3) is 0 Å². The van der Waals surface area contributed by atoms with Crippen LogP contribution in [0.5, 0.6) is 0 Å². The lowest BCUT2D eigenvalue weighted by molar-refractivity contribution is 0.637. The van der Waals surface area contributed by atoms with Crippen molar-refractivity contribution in [1.82, 2.24) is 5.32 Å². The molecule has 0 spiro atoms. The van der Waals surface area contributed by atoms with Gasteiger partial charge in [-0.1, -0.05) is 13.0 Å². The summed E-state index contributed by atoms with van der Waals surface area (Å²) in [5.74, 6) is 1.96. The van der Waals surface area contributed by atoms with E-state index in [-0.39, 0.29) is 0 Å². The van der Waals surface area contributed by atoms with Crippen LogP contribution in [0.2, 0.25) is 0 Å². The molecule has 2 atom stereocenters. The highest BCUT2D eigenvalue weighted by Crippen LogP contribution is 2.42. The molecule has 0 aromatic rings. The molecule has 1 nitrogen and oxygen atoms in total. The maximum Gasteiger partial charge on any atom is 0.0178 e. The van der Waals surface area contributed by atoms with E-state index >= 15 is 0 Å². The second-order valence-electron chi connectivity index (χ2n) is 3.09. The zero-order valence-electron chi connectivity index (χ0n) is 5.85. The number of hydrogen-bond acceptors (Lipinski definition) is 1. The van der Waals surface area contributed by atoms with Gasteiger partial charge < -0.3 is 5.32 Å². The van der Waals surface area contributed by atoms with Crippen LogP contribution < -0.4 is 5.32 Å². The van der Waals surface area contributed by atoms with Crippen molar-refractivity contribution in [3.8, 4) is 0 Å². The summed E-state index contributed by atoms with van der Waals surface area (Å²) in [5.41, 5.74) is 1.47. The zero-order chi connectivity index (χ0) is 6.27. The molecular weight excluding hydrogens is 110 g/mol. The first kappa shape index (κ1) is 5.33. The maximum atomic E-state index is 3.42. The Labute approximate surface area is 56.1 Å². The average Bonchev–Trinajstić information content (AvgIpc) is 2.64. The SMILES string of the molecule is CCC1=CC2CC2CN1. The van der Waals surface area contributed by atoms with Gasteiger partial charge in [-0.25, -0.2) is 0 Å². The first-order valence-electron chi connectivity index (χ1n) is 3.84. The van der Waals surface area contributed by atoms with E-state index in [1.54, 1.807) is 0 Å². The Morgan fingerprint density at radius 2 is 2.67 bits per heavy atom. The zero-order valence-corrected chi connectivity index (χ0v) is 5.85. The third kappa shape index (κ3) is 0.846. The van der Waals surface area contributed by atoms with Gasteiger partial charge in [-0.3, -0.25) is 0 Å². The number of rotatable bonds is 1. The topological polar surface area (TPSA) is 12.0 Å². The highest BCUT2D eigenvalue weighted by atomic mass is 14.9. The van der Waals surface area contributed by atoms with Crippen molar-refractivity contribution in [3.63, 3.8) is 0 Å². The van der Waals surface area contributed by atoms with E-state index in [9.17, 15) is 0 Å². The van der Waals surface area contributed by atoms with Gasteiger partial charge in [0.2, 0.25) is 0 Å². The Kier molecular flexibility index (Phi) is 1.04. The number of nitrogens with one attached hydrogen (secondary N) is 1. The van der Waals surface area contributed by atoms with E-state index in [4.69, 9.17) is 0 Å². The molecular formula is C8H13N. The van der Waals surface area contributed by atoms with Gasteiger partial charge in [-0.15, -0.1) is 0 Å². The van der Waals surface area contributed by atoms with Crippen LogP contribution in [0, 0.1) is 11.8 Å². The molecule has 1 aliphatic carbocycles. The third-order valence-corrected chi connectivity index (χ3v) is 2.36. The minimum absolute atomic E-state index is 0.959. The minimum Gasteiger partial charge on any atom is -0.388 e. The van der Waals surface area contributed by atoms with Crippen LogP contribution in [0.1, 0.15) is 19.8 Å². The third-order valence-electron chi connectivity index (χ3n) is 2.36. The first-order chi connectivity index (χ1) is 4.40. The van der Waals surface area contributed by atoms with E-state index in [0.29, 0.717) is 0 Å². The van der Waals surface area contributed by atoms with Crippen LogP contribution >= 0.6 is 0 Å². The summed E-state index contributed by atoms with van der Waals surface area (Å²) < 4.78 is 0. The van der Waals surface area contributed by atoms with E-state index < -0.39 is 0 Å². The van der Waals surface area contributed by atoms with Crippen molar-refractivity contribution in [2.24, 2.45) is 11.8 Å². The van der Waals surface area contributed by atoms with Crippen molar-refractivity contribution in [2.45, 2.75) is 19.8 Å². The number of hydrogen-bond donors (Lipinski definition) is 1. The fourth-order valence-electron chi connectivity index (χ4n) is 1.53. The van der Waals surface area contributed by atoms with Crippen molar-refractivity contribution in [1.29, 1.82) is 0 Å². The summed E-state index contributed by atoms with van der Waals surface area (Å²) in [6.45, 7) is 3.45. The molecule has 9 heavy (non-hydrogen) atoms. The Morgan fingerprint density at radius 1 is 1.78 bits per heavy atom. The van der Waals surface area contributed by atoms with E-state index in [1.807, 2.05) is 0 Å². The van der Waals surface area contributed by atoms with Crippen LogP contribution in [0.15, 0.2) is 11.8 Å². The molecule has 2 rings (SSSR count). The molecule has 1 heterocycles. The van der Waals surface area contributed by atoms with Crippen molar-refractivity contribution >= 4 is 0 Å². The molecule has 0 saturated heterocycles. The highest BCUT2D eigenvalue weighted by Gasteiger charge is 2.37. The standard InChI is InChI=1S/C8H13N/c1-2-8-4-6-3-7(6)5-9-8/h4,6-7,9H,2-3,5H2,1H3. The summed E-state index contributed by atoms with van der Waals surface area (Å²) in [6.07, 6.45) is 5.04. The molecule has 50 valence electrons. The molecule has 1 aliphatic heterocycles. The second kappa shape index (κ2) is 1.76. The molecule has 0 radical (unpaired) electrons. The second-order valence-corrected chi connectivity index (χ2v) is 3.09. The summed E-state index contributed by atoms with van der Waals surface area (Å²) in [5, 5.41) is 3.42. The van der Waals surface area contributed by atoms with Gasteiger partial charge in [0.15, 0.2) is 0 Å². The fraction of sp³-hybridized carbons (Fsp3) is 0.750. The molecule has 0 amide bonds. The Balaban J connectivity index is 2.06. The molecule has 0 bridgehead atoms. The minimum atomic E-state index is 0.959. The average molecular weight is 123 g/mol. The highest BCUT2D eigenvalue weighted by molar-refractivity contribution is 5.14. The van der Waals surface area contributed by atoms with E-state index in [0.717, 1.165) is 11.8 Å². The van der Waals surface area contributed by atoms with Gasteiger partial charge >= 0.3 is 0 Å². The quantitative estimate of drug-likeness (QED) is 0.557. The summed E-state index contributed by atoms with van der Waals surface area (Å²) in [6, 6.07) is 0. The lowest BCUT2D eigenvalue weighted by Gasteiger charge is -2.12. The number of fused-ring (bicyclic) bond motifs is 1. The normalized spacial score (nSPS) is 38.6. The fourth-order valence-corrected chi connectivity index (χ4v) is 1.53.